The van der Waals surface area contributed by atoms with Gasteiger partial charge in [0.25, 0.3) is 0 Å². The molecule has 0 amide bonds. The maximum atomic E-state index is 4.34. The highest BCUT2D eigenvalue weighted by Gasteiger charge is 2.36. The van der Waals surface area contributed by atoms with Crippen molar-refractivity contribution in [3.05, 3.63) is 235 Å². The summed E-state index contributed by atoms with van der Waals surface area (Å²) in [5, 5.41) is 0. The Morgan fingerprint density at radius 3 is 1.55 bits per heavy atom. The molecule has 0 unspecified atom stereocenters. The van der Waals surface area contributed by atoms with Gasteiger partial charge in [0.1, 0.15) is 0 Å². The monoisotopic (exact) mass is 720 g/mol. The van der Waals surface area contributed by atoms with Crippen LogP contribution in [0.1, 0.15) is 30.5 Å². The third-order valence-electron chi connectivity index (χ3n) is 11.2. The van der Waals surface area contributed by atoms with Crippen molar-refractivity contribution in [1.29, 1.82) is 0 Å². The van der Waals surface area contributed by atoms with Crippen molar-refractivity contribution in [3.8, 4) is 33.4 Å². The molecule has 2 nitrogen and oxygen atoms in total. The molecular weight excluding hydrogens is 677 g/mol. The number of hydrogen-bond acceptors (Lipinski definition) is 2. The van der Waals surface area contributed by atoms with Crippen LogP contribution in [0.5, 0.6) is 0 Å². The molecule has 1 aliphatic carbocycles. The van der Waals surface area contributed by atoms with Crippen LogP contribution < -0.4 is 9.80 Å². The molecule has 56 heavy (non-hydrogen) atoms. The Kier molecular flexibility index (Phi) is 9.17. The Hall–Kier alpha value is -6.90. The second-order valence-corrected chi connectivity index (χ2v) is 15.2. The first-order valence-corrected chi connectivity index (χ1v) is 19.4. The van der Waals surface area contributed by atoms with Crippen LogP contribution in [0.15, 0.2) is 219 Å². The molecule has 0 aromatic heterocycles. The second-order valence-electron chi connectivity index (χ2n) is 15.2. The molecule has 270 valence electrons. The first-order chi connectivity index (χ1) is 27.4. The minimum Gasteiger partial charge on any atom is -0.344 e. The van der Waals surface area contributed by atoms with Crippen LogP contribution in [0.4, 0.5) is 22.7 Å². The van der Waals surface area contributed by atoms with E-state index in [1.165, 1.54) is 55.8 Å². The maximum absolute atomic E-state index is 4.34. The normalized spacial score (nSPS) is 16.4. The van der Waals surface area contributed by atoms with Crippen LogP contribution in [-0.2, 0) is 5.41 Å². The molecule has 1 aliphatic heterocycles. The summed E-state index contributed by atoms with van der Waals surface area (Å²) in [5.74, 6) is 0. The van der Waals surface area contributed by atoms with Crippen molar-refractivity contribution < 1.29 is 0 Å². The molecule has 0 radical (unpaired) electrons. The van der Waals surface area contributed by atoms with Gasteiger partial charge in [0.15, 0.2) is 0 Å². The lowest BCUT2D eigenvalue weighted by Gasteiger charge is -2.28. The summed E-state index contributed by atoms with van der Waals surface area (Å²) < 4.78 is 0. The highest BCUT2D eigenvalue weighted by atomic mass is 15.1. The fourth-order valence-electron chi connectivity index (χ4n) is 8.18. The van der Waals surface area contributed by atoms with E-state index in [-0.39, 0.29) is 5.41 Å². The number of rotatable bonds is 7. The molecule has 0 atom stereocenters. The van der Waals surface area contributed by atoms with Gasteiger partial charge in [0.2, 0.25) is 0 Å². The fourth-order valence-corrected chi connectivity index (χ4v) is 8.18. The van der Waals surface area contributed by atoms with E-state index in [9.17, 15) is 0 Å². The predicted octanol–water partition coefficient (Wildman–Crippen LogP) is 14.3. The molecule has 0 saturated heterocycles. The number of allylic oxidation sites excluding steroid dienone is 5. The van der Waals surface area contributed by atoms with Crippen LogP contribution in [-0.4, -0.2) is 6.54 Å². The number of fused-ring (bicyclic) bond motifs is 3. The topological polar surface area (TPSA) is 6.48 Å². The average molecular weight is 721 g/mol. The van der Waals surface area contributed by atoms with Gasteiger partial charge >= 0.3 is 0 Å². The van der Waals surface area contributed by atoms with E-state index in [1.807, 2.05) is 0 Å². The van der Waals surface area contributed by atoms with Gasteiger partial charge in [0.05, 0.1) is 0 Å². The Morgan fingerprint density at radius 2 is 0.982 bits per heavy atom. The highest BCUT2D eigenvalue weighted by molar-refractivity contribution is 5.87. The number of nitrogens with zero attached hydrogens (tertiary/aromatic N) is 2. The third kappa shape index (κ3) is 6.71. The van der Waals surface area contributed by atoms with Gasteiger partial charge in [-0.05, 0) is 122 Å². The van der Waals surface area contributed by atoms with E-state index < -0.39 is 0 Å². The lowest BCUT2D eigenvalue weighted by atomic mass is 9.82. The molecular formula is C54H44N2. The van der Waals surface area contributed by atoms with Gasteiger partial charge in [-0.1, -0.05) is 160 Å². The standard InChI is InChI=1S/C54H44N2/c1-39-33-35-55(34-13-20-45(36-39)42-18-11-6-12-19-42)48-29-31-50-51-32-30-49(38-53(51)54(2,3)52(50)37-48)56(46-25-21-43(22-26-46)40-14-7-4-8-15-40)47-27-23-44(24-28-47)41-16-9-5-10-17-41/h4-33,35-38H,1,34H2,2-3H3/b20-13-,35-33-,45-36+. The van der Waals surface area contributed by atoms with Crippen molar-refractivity contribution in [1.82, 2.24) is 0 Å². The Labute approximate surface area is 331 Å². The Balaban J connectivity index is 1.06. The zero-order chi connectivity index (χ0) is 38.1. The molecule has 2 aliphatic rings. The highest BCUT2D eigenvalue weighted by Crippen LogP contribution is 2.51. The van der Waals surface area contributed by atoms with Crippen molar-refractivity contribution in [3.63, 3.8) is 0 Å². The van der Waals surface area contributed by atoms with E-state index in [4.69, 9.17) is 0 Å². The zero-order valence-corrected chi connectivity index (χ0v) is 31.9. The lowest BCUT2D eigenvalue weighted by molar-refractivity contribution is 0.660. The summed E-state index contributed by atoms with van der Waals surface area (Å²) in [5.41, 5.74) is 17.8. The van der Waals surface area contributed by atoms with Crippen LogP contribution >= 0.6 is 0 Å². The molecule has 0 bridgehead atoms. The van der Waals surface area contributed by atoms with E-state index in [1.54, 1.807) is 0 Å². The van der Waals surface area contributed by atoms with Crippen LogP contribution in [0.2, 0.25) is 0 Å². The third-order valence-corrected chi connectivity index (χ3v) is 11.2. The number of benzene rings is 7. The molecule has 9 rings (SSSR count). The van der Waals surface area contributed by atoms with Crippen molar-refractivity contribution in [2.24, 2.45) is 0 Å². The zero-order valence-electron chi connectivity index (χ0n) is 31.9. The lowest BCUT2D eigenvalue weighted by Crippen LogP contribution is -2.19. The average Bonchev–Trinajstić information content (AvgIpc) is 3.53. The minimum atomic E-state index is -0.207. The van der Waals surface area contributed by atoms with Gasteiger partial charge in [0, 0.05) is 40.9 Å². The molecule has 1 heterocycles. The van der Waals surface area contributed by atoms with Crippen LogP contribution in [0.25, 0.3) is 39.0 Å². The Bertz CT molecular complexity index is 2530. The first-order valence-electron chi connectivity index (χ1n) is 19.4. The van der Waals surface area contributed by atoms with Gasteiger partial charge < -0.3 is 9.80 Å². The van der Waals surface area contributed by atoms with Crippen LogP contribution in [0.3, 0.4) is 0 Å². The number of anilines is 4. The Morgan fingerprint density at radius 1 is 0.500 bits per heavy atom. The summed E-state index contributed by atoms with van der Waals surface area (Å²) in [6, 6.07) is 63.6. The SMILES string of the molecule is C=C1/C=C\N(c2ccc3c(c2)C(C)(C)c2cc(N(c4ccc(-c5ccccc5)cc4)c4ccc(-c5ccccc5)cc4)ccc2-3)C/C=C\C(c2ccccc2)=C/1. The smallest absolute Gasteiger partial charge is 0.0465 e. The molecule has 0 spiro atoms. The fraction of sp³-hybridized carbons (Fsp3) is 0.0741. The first kappa shape index (κ1) is 34.8. The summed E-state index contributed by atoms with van der Waals surface area (Å²) in [7, 11) is 0. The summed E-state index contributed by atoms with van der Waals surface area (Å²) in [4.78, 5) is 4.70. The van der Waals surface area contributed by atoms with E-state index in [0.717, 1.165) is 34.8 Å². The molecule has 0 N–H and O–H groups in total. The quantitative estimate of drug-likeness (QED) is 0.162. The van der Waals surface area contributed by atoms with E-state index in [2.05, 4.69) is 237 Å². The molecule has 7 aromatic rings. The van der Waals surface area contributed by atoms with Gasteiger partial charge in [-0.25, -0.2) is 0 Å². The molecule has 0 saturated carbocycles. The molecule has 0 fully saturated rings. The van der Waals surface area contributed by atoms with Gasteiger partial charge in [-0.2, -0.15) is 0 Å². The molecule has 7 aromatic carbocycles. The van der Waals surface area contributed by atoms with E-state index in [0.29, 0.717) is 0 Å². The van der Waals surface area contributed by atoms with Crippen LogP contribution in [0, 0.1) is 0 Å². The van der Waals surface area contributed by atoms with Gasteiger partial charge in [-0.15, -0.1) is 0 Å². The van der Waals surface area contributed by atoms with Crippen molar-refractivity contribution in [2.45, 2.75) is 19.3 Å². The second kappa shape index (κ2) is 14.7. The number of hydrogen-bond donors (Lipinski definition) is 0. The molecule has 2 heteroatoms. The summed E-state index contributed by atoms with van der Waals surface area (Å²) in [6.45, 7) is 9.83. The van der Waals surface area contributed by atoms with Gasteiger partial charge in [-0.3, -0.25) is 0 Å². The minimum absolute atomic E-state index is 0.207. The summed E-state index contributed by atoms with van der Waals surface area (Å²) >= 11 is 0. The largest absolute Gasteiger partial charge is 0.344 e. The van der Waals surface area contributed by atoms with Crippen molar-refractivity contribution in [2.75, 3.05) is 16.3 Å². The predicted molar refractivity (Wildman–Crippen MR) is 239 cm³/mol. The summed E-state index contributed by atoms with van der Waals surface area (Å²) in [6.07, 6.45) is 10.9. The maximum Gasteiger partial charge on any atom is 0.0465 e. The van der Waals surface area contributed by atoms with Crippen molar-refractivity contribution >= 4 is 28.3 Å². The van der Waals surface area contributed by atoms with E-state index >= 15 is 0 Å².